The second kappa shape index (κ2) is 8.95. The summed E-state index contributed by atoms with van der Waals surface area (Å²) in [5, 5.41) is 12.5. The van der Waals surface area contributed by atoms with Crippen molar-refractivity contribution < 1.29 is 24.2 Å². The lowest BCUT2D eigenvalue weighted by atomic mass is 10.0. The number of nitrogens with zero attached hydrogens (tertiary/aromatic N) is 3. The number of nitrogens with one attached hydrogen (secondary N) is 1. The van der Waals surface area contributed by atoms with E-state index in [0.29, 0.717) is 54.6 Å². The maximum Gasteiger partial charge on any atom is 0.328 e. The molecule has 2 aliphatic rings. The number of hydrogen-bond donors (Lipinski definition) is 2. The monoisotopic (exact) mass is 432 g/mol. The second-order valence-electron chi connectivity index (χ2n) is 7.08. The van der Waals surface area contributed by atoms with Crippen molar-refractivity contribution in [3.8, 4) is 5.75 Å². The molecule has 0 radical (unpaired) electrons. The number of anilines is 2. The molecule has 2 N–H and O–H groups in total. The molecule has 1 saturated heterocycles. The van der Waals surface area contributed by atoms with E-state index >= 15 is 0 Å². The second-order valence-corrected chi connectivity index (χ2v) is 7.49. The van der Waals surface area contributed by atoms with E-state index in [1.54, 1.807) is 12.1 Å². The molecule has 4 heterocycles. The largest absolute Gasteiger partial charge is 0.486 e. The van der Waals surface area contributed by atoms with Crippen LogP contribution in [0.2, 0.25) is 5.02 Å². The van der Waals surface area contributed by atoms with E-state index < -0.39 is 6.03 Å². The maximum atomic E-state index is 12.9. The zero-order valence-corrected chi connectivity index (χ0v) is 16.9. The molecule has 1 fully saturated rings. The van der Waals surface area contributed by atoms with Crippen molar-refractivity contribution >= 4 is 35.6 Å². The van der Waals surface area contributed by atoms with Gasteiger partial charge in [0.25, 0.3) is 0 Å². The number of ether oxygens (including phenoxy) is 2. The number of urea groups is 1. The lowest BCUT2D eigenvalue weighted by Crippen LogP contribution is -2.39. The highest BCUT2D eigenvalue weighted by atomic mass is 35.5. The number of halogens is 1. The van der Waals surface area contributed by atoms with E-state index in [4.69, 9.17) is 21.1 Å². The van der Waals surface area contributed by atoms with E-state index in [-0.39, 0.29) is 24.2 Å². The Hall–Kier alpha value is -2.75. The lowest BCUT2D eigenvalue weighted by Gasteiger charge is -2.29. The number of aromatic nitrogens is 2. The number of aldehydes is 1. The summed E-state index contributed by atoms with van der Waals surface area (Å²) in [4.78, 5) is 34.2. The smallest absolute Gasteiger partial charge is 0.328 e. The van der Waals surface area contributed by atoms with Gasteiger partial charge in [0.15, 0.2) is 6.29 Å². The SMILES string of the molecule is O=Cc1nc2c(cc1CO)CCCN2C(=O)Nc1cc(O[C@H]2CCOC2)c(Cl)cn1. The van der Waals surface area contributed by atoms with Crippen molar-refractivity contribution in [2.45, 2.75) is 32.0 Å². The molecule has 4 rings (SSSR count). The van der Waals surface area contributed by atoms with Crippen molar-refractivity contribution in [3.63, 3.8) is 0 Å². The molecular weight excluding hydrogens is 412 g/mol. The number of pyridine rings is 2. The van der Waals surface area contributed by atoms with Gasteiger partial charge in [0, 0.05) is 24.6 Å². The molecule has 9 nitrogen and oxygen atoms in total. The van der Waals surface area contributed by atoms with Gasteiger partial charge in [-0.2, -0.15) is 0 Å². The van der Waals surface area contributed by atoms with Crippen LogP contribution in [0.4, 0.5) is 16.4 Å². The summed E-state index contributed by atoms with van der Waals surface area (Å²) in [6, 6.07) is 2.87. The Morgan fingerprint density at radius 2 is 2.33 bits per heavy atom. The third-order valence-electron chi connectivity index (χ3n) is 5.04. The zero-order chi connectivity index (χ0) is 21.1. The first-order valence-corrected chi connectivity index (χ1v) is 10.0. The van der Waals surface area contributed by atoms with Crippen LogP contribution in [-0.4, -0.2) is 53.3 Å². The number of carbonyl (C=O) groups excluding carboxylic acids is 2. The fourth-order valence-corrected chi connectivity index (χ4v) is 3.67. The maximum absolute atomic E-state index is 12.9. The van der Waals surface area contributed by atoms with Gasteiger partial charge in [-0.05, 0) is 24.5 Å². The van der Waals surface area contributed by atoms with Gasteiger partial charge in [-0.15, -0.1) is 0 Å². The molecule has 1 atom stereocenters. The number of fused-ring (bicyclic) bond motifs is 1. The average molecular weight is 433 g/mol. The highest BCUT2D eigenvalue weighted by Crippen LogP contribution is 2.30. The molecular formula is C20H21ClN4O5. The third kappa shape index (κ3) is 4.23. The Balaban J connectivity index is 1.54. The summed E-state index contributed by atoms with van der Waals surface area (Å²) in [7, 11) is 0. The fraction of sp³-hybridized carbons (Fsp3) is 0.400. The number of aryl methyl sites for hydroxylation is 1. The van der Waals surface area contributed by atoms with Gasteiger partial charge >= 0.3 is 6.03 Å². The Morgan fingerprint density at radius 3 is 3.07 bits per heavy atom. The topological polar surface area (TPSA) is 114 Å². The summed E-state index contributed by atoms with van der Waals surface area (Å²) < 4.78 is 11.2. The molecule has 2 aromatic heterocycles. The van der Waals surface area contributed by atoms with Gasteiger partial charge in [-0.3, -0.25) is 15.0 Å². The molecule has 2 amide bonds. The number of aliphatic hydroxyl groups excluding tert-OH is 1. The van der Waals surface area contributed by atoms with Crippen LogP contribution in [0, 0.1) is 0 Å². The summed E-state index contributed by atoms with van der Waals surface area (Å²) >= 11 is 6.17. The Kier molecular flexibility index (Phi) is 6.12. The van der Waals surface area contributed by atoms with E-state index in [2.05, 4.69) is 15.3 Å². The van der Waals surface area contributed by atoms with Crippen molar-refractivity contribution in [3.05, 3.63) is 40.2 Å². The predicted molar refractivity (Wildman–Crippen MR) is 109 cm³/mol. The molecule has 0 saturated carbocycles. The molecule has 2 aliphatic heterocycles. The van der Waals surface area contributed by atoms with E-state index in [1.807, 2.05) is 0 Å². The highest BCUT2D eigenvalue weighted by molar-refractivity contribution is 6.32. The standard InChI is InChI=1S/C20H21ClN4O5/c21-15-8-22-18(7-17(15)30-14-3-5-29-11-14)24-20(28)25-4-1-2-12-6-13(9-26)16(10-27)23-19(12)25/h6-8,10,14,26H,1-5,9,11H2,(H,22,24,28)/t14-/m0/s1. The first-order valence-electron chi connectivity index (χ1n) is 9.66. The minimum Gasteiger partial charge on any atom is -0.486 e. The number of carbonyl (C=O) groups is 2. The van der Waals surface area contributed by atoms with Crippen LogP contribution in [0.1, 0.15) is 34.5 Å². The lowest BCUT2D eigenvalue weighted by molar-refractivity contribution is 0.111. The molecule has 0 bridgehead atoms. The minimum absolute atomic E-state index is 0.0888. The number of rotatable bonds is 5. The zero-order valence-electron chi connectivity index (χ0n) is 16.1. The van der Waals surface area contributed by atoms with Crippen molar-refractivity contribution in [1.82, 2.24) is 9.97 Å². The number of hydrogen-bond acceptors (Lipinski definition) is 7. The predicted octanol–water partition coefficient (Wildman–Crippen LogP) is 2.59. The molecule has 2 aromatic rings. The molecule has 0 aliphatic carbocycles. The molecule has 0 spiro atoms. The summed E-state index contributed by atoms with van der Waals surface area (Å²) in [5.41, 5.74) is 1.37. The fourth-order valence-electron chi connectivity index (χ4n) is 3.53. The molecule has 30 heavy (non-hydrogen) atoms. The van der Waals surface area contributed by atoms with Crippen molar-refractivity contribution in [2.24, 2.45) is 0 Å². The Labute approximate surface area is 178 Å². The van der Waals surface area contributed by atoms with Crippen LogP contribution in [0.25, 0.3) is 0 Å². The van der Waals surface area contributed by atoms with E-state index in [0.717, 1.165) is 18.4 Å². The number of aliphatic hydroxyl groups is 1. The Bertz CT molecular complexity index is 964. The van der Waals surface area contributed by atoms with E-state index in [9.17, 15) is 14.7 Å². The average Bonchev–Trinajstić information content (AvgIpc) is 3.27. The van der Waals surface area contributed by atoms with Crippen LogP contribution in [-0.2, 0) is 17.8 Å². The first-order chi connectivity index (χ1) is 14.6. The van der Waals surface area contributed by atoms with E-state index in [1.165, 1.54) is 11.1 Å². The number of amides is 2. The van der Waals surface area contributed by atoms with Crippen LogP contribution >= 0.6 is 11.6 Å². The summed E-state index contributed by atoms with van der Waals surface area (Å²) in [6.07, 6.45) is 4.12. The normalized spacial score (nSPS) is 18.1. The molecule has 0 aromatic carbocycles. The Morgan fingerprint density at radius 1 is 1.47 bits per heavy atom. The van der Waals surface area contributed by atoms with Crippen molar-refractivity contribution in [1.29, 1.82) is 0 Å². The van der Waals surface area contributed by atoms with Gasteiger partial charge in [0.2, 0.25) is 0 Å². The quantitative estimate of drug-likeness (QED) is 0.698. The first kappa shape index (κ1) is 20.5. The van der Waals surface area contributed by atoms with Gasteiger partial charge < -0.3 is 14.6 Å². The highest BCUT2D eigenvalue weighted by Gasteiger charge is 2.26. The van der Waals surface area contributed by atoms with Crippen molar-refractivity contribution in [2.75, 3.05) is 30.0 Å². The molecule has 10 heteroatoms. The van der Waals surface area contributed by atoms with Crippen LogP contribution in [0.5, 0.6) is 5.75 Å². The van der Waals surface area contributed by atoms with Gasteiger partial charge in [0.05, 0.1) is 26.0 Å². The minimum atomic E-state index is -0.429. The summed E-state index contributed by atoms with van der Waals surface area (Å²) in [6.45, 7) is 1.29. The molecule has 0 unspecified atom stereocenters. The summed E-state index contributed by atoms with van der Waals surface area (Å²) in [5.74, 6) is 1.12. The third-order valence-corrected chi connectivity index (χ3v) is 5.32. The molecule has 158 valence electrons. The van der Waals surface area contributed by atoms with Crippen LogP contribution < -0.4 is 15.0 Å². The van der Waals surface area contributed by atoms with Gasteiger partial charge in [-0.1, -0.05) is 11.6 Å². The van der Waals surface area contributed by atoms with Crippen LogP contribution in [0.15, 0.2) is 18.3 Å². The van der Waals surface area contributed by atoms with Gasteiger partial charge in [-0.25, -0.2) is 14.8 Å². The van der Waals surface area contributed by atoms with Crippen LogP contribution in [0.3, 0.4) is 0 Å². The van der Waals surface area contributed by atoms with Gasteiger partial charge in [0.1, 0.15) is 34.2 Å².